The van der Waals surface area contributed by atoms with Gasteiger partial charge in [-0.1, -0.05) is 0 Å². The fraction of sp³-hybridized carbons (Fsp3) is 0.167. The summed E-state index contributed by atoms with van der Waals surface area (Å²) in [6.07, 6.45) is 2.54. The standard InChI is InChI=1S/C12H12FN5O2S/c1-18(21(19,20)9-5-14-15-6-9)7-12-16-10-3-2-8(13)4-11(10)17-12/h2-6H,7H2,1H3,(H,14,15)(H,16,17). The monoisotopic (exact) mass is 309 g/mol. The van der Waals surface area contributed by atoms with Gasteiger partial charge in [-0.05, 0) is 18.2 Å². The second kappa shape index (κ2) is 4.93. The molecule has 1 aromatic carbocycles. The minimum atomic E-state index is -3.63. The van der Waals surface area contributed by atoms with E-state index >= 15 is 0 Å². The molecule has 3 rings (SSSR count). The van der Waals surface area contributed by atoms with Crippen LogP contribution in [0.1, 0.15) is 5.82 Å². The number of hydrogen-bond donors (Lipinski definition) is 2. The van der Waals surface area contributed by atoms with Crippen LogP contribution >= 0.6 is 0 Å². The van der Waals surface area contributed by atoms with E-state index in [4.69, 9.17) is 0 Å². The maximum atomic E-state index is 13.1. The van der Waals surface area contributed by atoms with E-state index in [1.807, 2.05) is 0 Å². The van der Waals surface area contributed by atoms with E-state index in [-0.39, 0.29) is 17.3 Å². The molecule has 110 valence electrons. The molecule has 0 aliphatic carbocycles. The highest BCUT2D eigenvalue weighted by atomic mass is 32.2. The van der Waals surface area contributed by atoms with Crippen LogP contribution in [0, 0.1) is 5.82 Å². The predicted molar refractivity (Wildman–Crippen MR) is 73.3 cm³/mol. The number of benzene rings is 1. The van der Waals surface area contributed by atoms with Gasteiger partial charge in [0.2, 0.25) is 10.0 Å². The van der Waals surface area contributed by atoms with Crippen LogP contribution in [-0.4, -0.2) is 39.9 Å². The summed E-state index contributed by atoms with van der Waals surface area (Å²) in [6.45, 7) is 0.0454. The molecule has 2 N–H and O–H groups in total. The number of halogens is 1. The summed E-state index contributed by atoms with van der Waals surface area (Å²) in [6, 6.07) is 4.16. The second-order valence-electron chi connectivity index (χ2n) is 4.54. The number of rotatable bonds is 4. The first-order valence-corrected chi connectivity index (χ1v) is 7.50. The number of H-pyrrole nitrogens is 2. The van der Waals surface area contributed by atoms with Crippen LogP contribution in [0.2, 0.25) is 0 Å². The SMILES string of the molecule is CN(Cc1nc2ccc(F)cc2[nH]1)S(=O)(=O)c1cn[nH]c1. The number of nitrogens with zero attached hydrogens (tertiary/aromatic N) is 3. The van der Waals surface area contributed by atoms with Gasteiger partial charge in [0, 0.05) is 13.2 Å². The number of sulfonamides is 1. The molecule has 0 bridgehead atoms. The van der Waals surface area contributed by atoms with Crippen molar-refractivity contribution in [3.8, 4) is 0 Å². The normalized spacial score (nSPS) is 12.3. The first kappa shape index (κ1) is 13.7. The molecule has 0 saturated heterocycles. The highest BCUT2D eigenvalue weighted by Gasteiger charge is 2.22. The quantitative estimate of drug-likeness (QED) is 0.758. The summed E-state index contributed by atoms with van der Waals surface area (Å²) in [5.41, 5.74) is 1.11. The number of fused-ring (bicyclic) bond motifs is 1. The van der Waals surface area contributed by atoms with Gasteiger partial charge in [-0.3, -0.25) is 5.10 Å². The summed E-state index contributed by atoms with van der Waals surface area (Å²) >= 11 is 0. The molecule has 7 nitrogen and oxygen atoms in total. The van der Waals surface area contributed by atoms with Crippen molar-refractivity contribution in [1.29, 1.82) is 0 Å². The average molecular weight is 309 g/mol. The van der Waals surface area contributed by atoms with E-state index in [1.54, 1.807) is 0 Å². The highest BCUT2D eigenvalue weighted by molar-refractivity contribution is 7.89. The fourth-order valence-corrected chi connectivity index (χ4v) is 3.01. The van der Waals surface area contributed by atoms with Crippen molar-refractivity contribution in [2.24, 2.45) is 0 Å². The zero-order valence-corrected chi connectivity index (χ0v) is 11.9. The lowest BCUT2D eigenvalue weighted by Crippen LogP contribution is -2.26. The largest absolute Gasteiger partial charge is 0.341 e. The lowest BCUT2D eigenvalue weighted by molar-refractivity contribution is 0.458. The zero-order valence-electron chi connectivity index (χ0n) is 11.0. The predicted octanol–water partition coefficient (Wildman–Crippen LogP) is 1.25. The van der Waals surface area contributed by atoms with E-state index in [0.29, 0.717) is 16.9 Å². The fourth-order valence-electron chi connectivity index (χ4n) is 1.97. The van der Waals surface area contributed by atoms with Crippen LogP contribution in [0.4, 0.5) is 4.39 Å². The lowest BCUT2D eigenvalue weighted by atomic mass is 10.3. The molecule has 21 heavy (non-hydrogen) atoms. The minimum absolute atomic E-state index is 0.0454. The van der Waals surface area contributed by atoms with Crippen LogP contribution in [-0.2, 0) is 16.6 Å². The lowest BCUT2D eigenvalue weighted by Gasteiger charge is -2.14. The van der Waals surface area contributed by atoms with Crippen LogP contribution in [0.25, 0.3) is 11.0 Å². The zero-order chi connectivity index (χ0) is 15.0. The number of hydrogen-bond acceptors (Lipinski definition) is 4. The van der Waals surface area contributed by atoms with E-state index in [1.165, 1.54) is 37.6 Å². The molecule has 2 aromatic heterocycles. The summed E-state index contributed by atoms with van der Waals surface area (Å²) in [5.74, 6) is 0.0576. The second-order valence-corrected chi connectivity index (χ2v) is 6.58. The van der Waals surface area contributed by atoms with Crippen LogP contribution < -0.4 is 0 Å². The first-order valence-electron chi connectivity index (χ1n) is 6.06. The summed E-state index contributed by atoms with van der Waals surface area (Å²) in [5, 5.41) is 6.09. The van der Waals surface area contributed by atoms with Gasteiger partial charge in [0.05, 0.1) is 23.8 Å². The maximum Gasteiger partial charge on any atom is 0.246 e. The van der Waals surface area contributed by atoms with Gasteiger partial charge < -0.3 is 4.98 Å². The Bertz CT molecular complexity index is 872. The third-order valence-electron chi connectivity index (χ3n) is 3.05. The Balaban J connectivity index is 1.88. The molecule has 3 aromatic rings. The Hall–Kier alpha value is -2.26. The van der Waals surface area contributed by atoms with E-state index in [2.05, 4.69) is 20.2 Å². The van der Waals surface area contributed by atoms with E-state index in [0.717, 1.165) is 4.31 Å². The Morgan fingerprint density at radius 3 is 2.90 bits per heavy atom. The van der Waals surface area contributed by atoms with Gasteiger partial charge in [0.15, 0.2) is 0 Å². The van der Waals surface area contributed by atoms with Gasteiger partial charge in [0.1, 0.15) is 16.5 Å². The minimum Gasteiger partial charge on any atom is -0.341 e. The molecule has 0 amide bonds. The van der Waals surface area contributed by atoms with Gasteiger partial charge in [0.25, 0.3) is 0 Å². The molecule has 0 fully saturated rings. The molecular weight excluding hydrogens is 297 g/mol. The van der Waals surface area contributed by atoms with Crippen LogP contribution in [0.3, 0.4) is 0 Å². The Morgan fingerprint density at radius 1 is 1.38 bits per heavy atom. The summed E-state index contributed by atoms with van der Waals surface area (Å²) in [7, 11) is -2.19. The van der Waals surface area contributed by atoms with E-state index < -0.39 is 10.0 Å². The smallest absolute Gasteiger partial charge is 0.246 e. The number of imidazole rings is 1. The Kier molecular flexibility index (Phi) is 3.22. The Morgan fingerprint density at radius 2 is 2.19 bits per heavy atom. The molecule has 0 radical (unpaired) electrons. The topological polar surface area (TPSA) is 94.7 Å². The summed E-state index contributed by atoms with van der Waals surface area (Å²) in [4.78, 5) is 7.22. The number of aromatic nitrogens is 4. The van der Waals surface area contributed by atoms with Crippen molar-refractivity contribution >= 4 is 21.1 Å². The van der Waals surface area contributed by atoms with Gasteiger partial charge >= 0.3 is 0 Å². The molecule has 2 heterocycles. The molecule has 0 unspecified atom stereocenters. The molecule has 0 saturated carbocycles. The summed E-state index contributed by atoms with van der Waals surface area (Å²) < 4.78 is 38.7. The first-order chi connectivity index (χ1) is 9.96. The highest BCUT2D eigenvalue weighted by Crippen LogP contribution is 2.17. The third-order valence-corrected chi connectivity index (χ3v) is 4.82. The van der Waals surface area contributed by atoms with Crippen LogP contribution in [0.15, 0.2) is 35.5 Å². The molecule has 0 aliphatic heterocycles. The average Bonchev–Trinajstić information content (AvgIpc) is 3.06. The molecule has 0 spiro atoms. The van der Waals surface area contributed by atoms with Crippen molar-refractivity contribution in [2.75, 3.05) is 7.05 Å². The van der Waals surface area contributed by atoms with Gasteiger partial charge in [-0.15, -0.1) is 0 Å². The third kappa shape index (κ3) is 2.52. The van der Waals surface area contributed by atoms with Gasteiger partial charge in [-0.2, -0.15) is 9.40 Å². The number of aromatic amines is 2. The van der Waals surface area contributed by atoms with E-state index in [9.17, 15) is 12.8 Å². The number of nitrogens with one attached hydrogen (secondary N) is 2. The molecule has 0 atom stereocenters. The van der Waals surface area contributed by atoms with Crippen molar-refractivity contribution in [2.45, 2.75) is 11.4 Å². The van der Waals surface area contributed by atoms with Gasteiger partial charge in [-0.25, -0.2) is 17.8 Å². The van der Waals surface area contributed by atoms with Crippen molar-refractivity contribution in [3.05, 3.63) is 42.2 Å². The molecule has 9 heteroatoms. The van der Waals surface area contributed by atoms with Crippen LogP contribution in [0.5, 0.6) is 0 Å². The Labute approximate surface area is 119 Å². The van der Waals surface area contributed by atoms with Crippen molar-refractivity contribution < 1.29 is 12.8 Å². The van der Waals surface area contributed by atoms with Crippen molar-refractivity contribution in [1.82, 2.24) is 24.5 Å². The molecule has 0 aliphatic rings. The molecular formula is C12H12FN5O2S. The maximum absolute atomic E-state index is 13.1. The van der Waals surface area contributed by atoms with Crippen molar-refractivity contribution in [3.63, 3.8) is 0 Å².